The smallest absolute Gasteiger partial charge is 0.0537 e. The van der Waals surface area contributed by atoms with Crippen LogP contribution in [0.3, 0.4) is 0 Å². The molecule has 0 amide bonds. The summed E-state index contributed by atoms with van der Waals surface area (Å²) in [6.45, 7) is 5.93. The molecule has 0 aromatic carbocycles. The zero-order chi connectivity index (χ0) is 11.4. The number of aromatic nitrogens is 2. The van der Waals surface area contributed by atoms with E-state index < -0.39 is 0 Å². The summed E-state index contributed by atoms with van der Waals surface area (Å²) in [6.07, 6.45) is 4.44. The highest BCUT2D eigenvalue weighted by Crippen LogP contribution is 2.12. The second kappa shape index (κ2) is 5.46. The van der Waals surface area contributed by atoms with Gasteiger partial charge >= 0.3 is 0 Å². The molecule has 1 aliphatic heterocycles. The van der Waals surface area contributed by atoms with Crippen molar-refractivity contribution >= 4 is 0 Å². The van der Waals surface area contributed by atoms with Gasteiger partial charge in [0.15, 0.2) is 0 Å². The van der Waals surface area contributed by atoms with Crippen LogP contribution < -0.4 is 5.32 Å². The van der Waals surface area contributed by atoms with Gasteiger partial charge < -0.3 is 10.1 Å². The van der Waals surface area contributed by atoms with Crippen molar-refractivity contribution in [2.45, 2.75) is 26.3 Å². The van der Waals surface area contributed by atoms with Gasteiger partial charge in [-0.05, 0) is 25.7 Å². The molecule has 1 aromatic rings. The molecule has 1 fully saturated rings. The van der Waals surface area contributed by atoms with Gasteiger partial charge in [0.05, 0.1) is 12.8 Å². The van der Waals surface area contributed by atoms with E-state index in [1.54, 1.807) is 0 Å². The van der Waals surface area contributed by atoms with Crippen LogP contribution in [0.4, 0.5) is 0 Å². The fraction of sp³-hybridized carbons (Fsp3) is 0.750. The molecule has 16 heavy (non-hydrogen) atoms. The zero-order valence-electron chi connectivity index (χ0n) is 10.2. The summed E-state index contributed by atoms with van der Waals surface area (Å²) in [7, 11) is 1.98. The van der Waals surface area contributed by atoms with E-state index >= 15 is 0 Å². The minimum atomic E-state index is 0.686. The lowest BCUT2D eigenvalue weighted by Gasteiger charge is -2.22. The van der Waals surface area contributed by atoms with Crippen molar-refractivity contribution in [1.29, 1.82) is 0 Å². The van der Waals surface area contributed by atoms with Crippen molar-refractivity contribution in [1.82, 2.24) is 15.1 Å². The lowest BCUT2D eigenvalue weighted by Crippen LogP contribution is -2.28. The predicted octanol–water partition coefficient (Wildman–Crippen LogP) is 1.24. The van der Waals surface area contributed by atoms with E-state index in [4.69, 9.17) is 4.74 Å². The lowest BCUT2D eigenvalue weighted by molar-refractivity contribution is 0.0547. The number of aryl methyl sites for hydroxylation is 1. The molecule has 90 valence electrons. The number of nitrogens with zero attached hydrogens (tertiary/aromatic N) is 2. The Kier molecular flexibility index (Phi) is 3.96. The first-order valence-electron chi connectivity index (χ1n) is 6.03. The van der Waals surface area contributed by atoms with Gasteiger partial charge in [-0.3, -0.25) is 4.68 Å². The van der Waals surface area contributed by atoms with Gasteiger partial charge in [0.25, 0.3) is 0 Å². The Hall–Kier alpha value is -0.870. The van der Waals surface area contributed by atoms with Crippen LogP contribution in [0.5, 0.6) is 0 Å². The van der Waals surface area contributed by atoms with E-state index in [0.717, 1.165) is 26.3 Å². The van der Waals surface area contributed by atoms with E-state index in [-0.39, 0.29) is 0 Å². The quantitative estimate of drug-likeness (QED) is 0.835. The Labute approximate surface area is 97.0 Å². The number of hydrogen-bond acceptors (Lipinski definition) is 3. The monoisotopic (exact) mass is 223 g/mol. The summed E-state index contributed by atoms with van der Waals surface area (Å²) >= 11 is 0. The summed E-state index contributed by atoms with van der Waals surface area (Å²) in [6, 6.07) is 0. The SMILES string of the molecule is Cc1c(CNCC2CCCOC2)cnn1C. The Morgan fingerprint density at radius 2 is 2.50 bits per heavy atom. The van der Waals surface area contributed by atoms with Crippen molar-refractivity contribution in [2.24, 2.45) is 13.0 Å². The largest absolute Gasteiger partial charge is 0.381 e. The van der Waals surface area contributed by atoms with Crippen molar-refractivity contribution in [3.05, 3.63) is 17.5 Å². The Morgan fingerprint density at radius 1 is 1.62 bits per heavy atom. The standard InChI is InChI=1S/C12H21N3O/c1-10-12(8-14-15(10)2)7-13-6-11-4-3-5-16-9-11/h8,11,13H,3-7,9H2,1-2H3. The highest BCUT2D eigenvalue weighted by Gasteiger charge is 2.13. The third-order valence-electron chi connectivity index (χ3n) is 3.34. The highest BCUT2D eigenvalue weighted by atomic mass is 16.5. The van der Waals surface area contributed by atoms with E-state index in [1.807, 2.05) is 17.9 Å². The topological polar surface area (TPSA) is 39.1 Å². The molecule has 0 aliphatic carbocycles. The fourth-order valence-corrected chi connectivity index (χ4v) is 2.10. The summed E-state index contributed by atoms with van der Waals surface area (Å²) in [4.78, 5) is 0. The summed E-state index contributed by atoms with van der Waals surface area (Å²) in [5, 5.41) is 7.73. The molecule has 1 aliphatic rings. The zero-order valence-corrected chi connectivity index (χ0v) is 10.2. The third-order valence-corrected chi connectivity index (χ3v) is 3.34. The van der Waals surface area contributed by atoms with Crippen LogP contribution in [0.1, 0.15) is 24.1 Å². The molecule has 1 aromatic heterocycles. The minimum absolute atomic E-state index is 0.686. The average molecular weight is 223 g/mol. The van der Waals surface area contributed by atoms with Crippen LogP contribution in [0, 0.1) is 12.8 Å². The van der Waals surface area contributed by atoms with E-state index in [1.165, 1.54) is 24.1 Å². The van der Waals surface area contributed by atoms with Crippen molar-refractivity contribution in [2.75, 3.05) is 19.8 Å². The molecule has 1 N–H and O–H groups in total. The van der Waals surface area contributed by atoms with Crippen molar-refractivity contribution in [3.63, 3.8) is 0 Å². The maximum atomic E-state index is 5.46. The number of ether oxygens (including phenoxy) is 1. The first-order valence-corrected chi connectivity index (χ1v) is 6.03. The fourth-order valence-electron chi connectivity index (χ4n) is 2.10. The molecule has 1 unspecified atom stereocenters. The normalized spacial score (nSPS) is 21.2. The number of hydrogen-bond donors (Lipinski definition) is 1. The van der Waals surface area contributed by atoms with Gasteiger partial charge in [0, 0.05) is 38.0 Å². The number of rotatable bonds is 4. The summed E-state index contributed by atoms with van der Waals surface area (Å²) < 4.78 is 7.37. The van der Waals surface area contributed by atoms with Crippen LogP contribution in [0.2, 0.25) is 0 Å². The first-order chi connectivity index (χ1) is 7.77. The molecule has 0 bridgehead atoms. The van der Waals surface area contributed by atoms with Gasteiger partial charge in [-0.1, -0.05) is 0 Å². The molecule has 0 saturated carbocycles. The van der Waals surface area contributed by atoms with E-state index in [0.29, 0.717) is 5.92 Å². The molecular weight excluding hydrogens is 202 g/mol. The van der Waals surface area contributed by atoms with E-state index in [2.05, 4.69) is 17.3 Å². The second-order valence-electron chi connectivity index (χ2n) is 4.59. The Balaban J connectivity index is 1.73. The maximum Gasteiger partial charge on any atom is 0.0537 e. The molecule has 0 radical (unpaired) electrons. The lowest BCUT2D eigenvalue weighted by atomic mass is 10.0. The van der Waals surface area contributed by atoms with Crippen LogP contribution in [-0.4, -0.2) is 29.5 Å². The maximum absolute atomic E-state index is 5.46. The molecule has 1 atom stereocenters. The van der Waals surface area contributed by atoms with Crippen LogP contribution in [-0.2, 0) is 18.3 Å². The van der Waals surface area contributed by atoms with Gasteiger partial charge in [-0.2, -0.15) is 5.10 Å². The van der Waals surface area contributed by atoms with Crippen LogP contribution in [0.25, 0.3) is 0 Å². The molecule has 2 rings (SSSR count). The van der Waals surface area contributed by atoms with Crippen LogP contribution in [0.15, 0.2) is 6.20 Å². The van der Waals surface area contributed by atoms with Crippen molar-refractivity contribution in [3.8, 4) is 0 Å². The van der Waals surface area contributed by atoms with Gasteiger partial charge in [0.2, 0.25) is 0 Å². The van der Waals surface area contributed by atoms with Gasteiger partial charge in [-0.15, -0.1) is 0 Å². The summed E-state index contributed by atoms with van der Waals surface area (Å²) in [5.74, 6) is 0.686. The molecule has 4 heteroatoms. The molecule has 4 nitrogen and oxygen atoms in total. The molecule has 2 heterocycles. The molecule has 1 saturated heterocycles. The van der Waals surface area contributed by atoms with Gasteiger partial charge in [-0.25, -0.2) is 0 Å². The van der Waals surface area contributed by atoms with E-state index in [9.17, 15) is 0 Å². The summed E-state index contributed by atoms with van der Waals surface area (Å²) in [5.41, 5.74) is 2.53. The molecular formula is C12H21N3O. The highest BCUT2D eigenvalue weighted by molar-refractivity contribution is 5.15. The first kappa shape index (κ1) is 11.6. The van der Waals surface area contributed by atoms with Crippen molar-refractivity contribution < 1.29 is 4.74 Å². The minimum Gasteiger partial charge on any atom is -0.381 e. The Bertz CT molecular complexity index is 329. The Morgan fingerprint density at radius 3 is 3.12 bits per heavy atom. The van der Waals surface area contributed by atoms with Gasteiger partial charge in [0.1, 0.15) is 0 Å². The number of nitrogens with one attached hydrogen (secondary N) is 1. The second-order valence-corrected chi connectivity index (χ2v) is 4.59. The molecule has 0 spiro atoms. The predicted molar refractivity (Wildman–Crippen MR) is 63.2 cm³/mol. The average Bonchev–Trinajstić information content (AvgIpc) is 2.62. The van der Waals surface area contributed by atoms with Crippen LogP contribution >= 0.6 is 0 Å². The third kappa shape index (κ3) is 2.83.